The lowest BCUT2D eigenvalue weighted by Gasteiger charge is -2.19. The number of aryl methyl sites for hydroxylation is 2. The summed E-state index contributed by atoms with van der Waals surface area (Å²) in [6.07, 6.45) is 1.02. The Morgan fingerprint density at radius 1 is 1.19 bits per heavy atom. The van der Waals surface area contributed by atoms with Crippen molar-refractivity contribution in [2.75, 3.05) is 18.4 Å². The Balaban J connectivity index is 2.01. The standard InChI is InChI=1S/C20H28N4O2/c1-6-24(7-2)20(26)16-9-8-10-17(13-16)21-19(25)12-11-18-14(3)22-23(5)15(18)4/h8-10,13H,6-7,11-12H2,1-5H3,(H,21,25). The largest absolute Gasteiger partial charge is 0.339 e. The van der Waals surface area contributed by atoms with E-state index in [2.05, 4.69) is 10.4 Å². The fourth-order valence-corrected chi connectivity index (χ4v) is 3.06. The Bertz CT molecular complexity index is 791. The van der Waals surface area contributed by atoms with Gasteiger partial charge in [0.2, 0.25) is 5.91 Å². The minimum absolute atomic E-state index is 0.0206. The van der Waals surface area contributed by atoms with Crippen LogP contribution in [0.1, 0.15) is 47.6 Å². The van der Waals surface area contributed by atoms with Crippen LogP contribution in [0.15, 0.2) is 24.3 Å². The van der Waals surface area contributed by atoms with Gasteiger partial charge in [-0.05, 0) is 57.9 Å². The third-order valence-corrected chi connectivity index (χ3v) is 4.70. The molecule has 0 aliphatic heterocycles. The molecule has 1 aromatic heterocycles. The Hall–Kier alpha value is -2.63. The van der Waals surface area contributed by atoms with Gasteiger partial charge in [0.1, 0.15) is 0 Å². The second kappa shape index (κ2) is 8.65. The zero-order valence-electron chi connectivity index (χ0n) is 16.3. The van der Waals surface area contributed by atoms with Crippen LogP contribution < -0.4 is 5.32 Å². The van der Waals surface area contributed by atoms with Crippen molar-refractivity contribution in [3.8, 4) is 0 Å². The molecule has 0 unspecified atom stereocenters. The van der Waals surface area contributed by atoms with Crippen LogP contribution in [-0.4, -0.2) is 39.6 Å². The number of hydrogen-bond donors (Lipinski definition) is 1. The van der Waals surface area contributed by atoms with E-state index in [1.54, 1.807) is 29.2 Å². The summed E-state index contributed by atoms with van der Waals surface area (Å²) in [7, 11) is 1.91. The average molecular weight is 356 g/mol. The molecule has 0 aliphatic rings. The first-order chi connectivity index (χ1) is 12.4. The first-order valence-corrected chi connectivity index (χ1v) is 9.05. The maximum absolute atomic E-state index is 12.4. The Kier molecular flexibility index (Phi) is 6.55. The van der Waals surface area contributed by atoms with E-state index in [0.29, 0.717) is 37.2 Å². The number of anilines is 1. The van der Waals surface area contributed by atoms with Gasteiger partial charge in [-0.1, -0.05) is 6.07 Å². The molecule has 2 amide bonds. The van der Waals surface area contributed by atoms with Crippen LogP contribution in [0.2, 0.25) is 0 Å². The molecule has 140 valence electrons. The normalized spacial score (nSPS) is 10.7. The lowest BCUT2D eigenvalue weighted by Crippen LogP contribution is -2.30. The van der Waals surface area contributed by atoms with Crippen LogP contribution in [0.25, 0.3) is 0 Å². The molecule has 0 saturated heterocycles. The summed E-state index contributed by atoms with van der Waals surface area (Å²) in [6, 6.07) is 7.11. The molecule has 0 radical (unpaired) electrons. The van der Waals surface area contributed by atoms with Gasteiger partial charge in [-0.3, -0.25) is 14.3 Å². The van der Waals surface area contributed by atoms with Crippen LogP contribution in [0.3, 0.4) is 0 Å². The maximum Gasteiger partial charge on any atom is 0.253 e. The number of rotatable bonds is 7. The lowest BCUT2D eigenvalue weighted by molar-refractivity contribution is -0.116. The molecule has 26 heavy (non-hydrogen) atoms. The van der Waals surface area contributed by atoms with Gasteiger partial charge in [-0.15, -0.1) is 0 Å². The maximum atomic E-state index is 12.4. The molecule has 2 aromatic rings. The topological polar surface area (TPSA) is 67.2 Å². The second-order valence-corrected chi connectivity index (χ2v) is 6.38. The van der Waals surface area contributed by atoms with Gasteiger partial charge >= 0.3 is 0 Å². The molecule has 1 heterocycles. The van der Waals surface area contributed by atoms with Crippen molar-refractivity contribution in [2.45, 2.75) is 40.5 Å². The van der Waals surface area contributed by atoms with E-state index in [0.717, 1.165) is 17.0 Å². The molecule has 1 aromatic carbocycles. The number of carbonyl (C=O) groups is 2. The fourth-order valence-electron chi connectivity index (χ4n) is 3.06. The minimum Gasteiger partial charge on any atom is -0.339 e. The van der Waals surface area contributed by atoms with E-state index < -0.39 is 0 Å². The molecule has 0 spiro atoms. The molecule has 1 N–H and O–H groups in total. The summed E-state index contributed by atoms with van der Waals surface area (Å²) in [5.41, 5.74) is 4.40. The van der Waals surface area contributed by atoms with Gasteiger partial charge in [0.05, 0.1) is 5.69 Å². The van der Waals surface area contributed by atoms with E-state index in [1.165, 1.54) is 0 Å². The Morgan fingerprint density at radius 3 is 2.46 bits per heavy atom. The van der Waals surface area contributed by atoms with Gasteiger partial charge in [0.15, 0.2) is 0 Å². The van der Waals surface area contributed by atoms with Crippen molar-refractivity contribution in [2.24, 2.45) is 7.05 Å². The van der Waals surface area contributed by atoms with Gasteiger partial charge in [-0.2, -0.15) is 5.10 Å². The molecule has 6 nitrogen and oxygen atoms in total. The number of benzene rings is 1. The molecule has 0 saturated carbocycles. The van der Waals surface area contributed by atoms with E-state index in [1.807, 2.05) is 39.4 Å². The lowest BCUT2D eigenvalue weighted by atomic mass is 10.1. The predicted molar refractivity (Wildman–Crippen MR) is 103 cm³/mol. The first kappa shape index (κ1) is 19.7. The summed E-state index contributed by atoms with van der Waals surface area (Å²) in [5.74, 6) is -0.0900. The number of amides is 2. The molecule has 2 rings (SSSR count). The SMILES string of the molecule is CCN(CC)C(=O)c1cccc(NC(=O)CCc2c(C)nn(C)c2C)c1. The first-order valence-electron chi connectivity index (χ1n) is 9.05. The summed E-state index contributed by atoms with van der Waals surface area (Å²) in [5, 5.41) is 7.27. The Morgan fingerprint density at radius 2 is 1.88 bits per heavy atom. The van der Waals surface area contributed by atoms with Crippen molar-refractivity contribution in [1.82, 2.24) is 14.7 Å². The summed E-state index contributed by atoms with van der Waals surface area (Å²) in [6.45, 7) is 9.20. The van der Waals surface area contributed by atoms with E-state index in [4.69, 9.17) is 0 Å². The third kappa shape index (κ3) is 4.50. The Labute approximate surface area is 155 Å². The van der Waals surface area contributed by atoms with Crippen LogP contribution in [-0.2, 0) is 18.3 Å². The number of nitrogens with zero attached hydrogens (tertiary/aromatic N) is 3. The number of carbonyl (C=O) groups excluding carboxylic acids is 2. The van der Waals surface area contributed by atoms with Crippen molar-refractivity contribution in [3.63, 3.8) is 0 Å². The van der Waals surface area contributed by atoms with Crippen molar-refractivity contribution in [3.05, 3.63) is 46.8 Å². The third-order valence-electron chi connectivity index (χ3n) is 4.70. The highest BCUT2D eigenvalue weighted by molar-refractivity contribution is 5.97. The minimum atomic E-state index is -0.0694. The van der Waals surface area contributed by atoms with Crippen LogP contribution >= 0.6 is 0 Å². The molecule has 0 fully saturated rings. The average Bonchev–Trinajstić information content (AvgIpc) is 2.86. The van der Waals surface area contributed by atoms with Crippen LogP contribution in [0.5, 0.6) is 0 Å². The van der Waals surface area contributed by atoms with Gasteiger partial charge in [-0.25, -0.2) is 0 Å². The number of aromatic nitrogens is 2. The highest BCUT2D eigenvalue weighted by Gasteiger charge is 2.14. The molecule has 0 aliphatic carbocycles. The molecular formula is C20H28N4O2. The smallest absolute Gasteiger partial charge is 0.253 e. The molecular weight excluding hydrogens is 328 g/mol. The number of nitrogens with one attached hydrogen (secondary N) is 1. The van der Waals surface area contributed by atoms with E-state index in [9.17, 15) is 9.59 Å². The van der Waals surface area contributed by atoms with Gasteiger partial charge in [0, 0.05) is 43.5 Å². The monoisotopic (exact) mass is 356 g/mol. The fraction of sp³-hybridized carbons (Fsp3) is 0.450. The highest BCUT2D eigenvalue weighted by atomic mass is 16.2. The summed E-state index contributed by atoms with van der Waals surface area (Å²) >= 11 is 0. The van der Waals surface area contributed by atoms with Crippen molar-refractivity contribution in [1.29, 1.82) is 0 Å². The number of hydrogen-bond acceptors (Lipinski definition) is 3. The summed E-state index contributed by atoms with van der Waals surface area (Å²) in [4.78, 5) is 26.5. The van der Waals surface area contributed by atoms with Crippen LogP contribution in [0, 0.1) is 13.8 Å². The van der Waals surface area contributed by atoms with Crippen LogP contribution in [0.4, 0.5) is 5.69 Å². The molecule has 6 heteroatoms. The van der Waals surface area contributed by atoms with Gasteiger partial charge in [0.25, 0.3) is 5.91 Å². The quantitative estimate of drug-likeness (QED) is 0.829. The highest BCUT2D eigenvalue weighted by Crippen LogP contribution is 2.16. The zero-order valence-corrected chi connectivity index (χ0v) is 16.3. The van der Waals surface area contributed by atoms with E-state index >= 15 is 0 Å². The predicted octanol–water partition coefficient (Wildman–Crippen LogP) is 3.09. The molecule has 0 atom stereocenters. The van der Waals surface area contributed by atoms with Crippen molar-refractivity contribution < 1.29 is 9.59 Å². The summed E-state index contributed by atoms with van der Waals surface area (Å²) < 4.78 is 1.84. The molecule has 0 bridgehead atoms. The zero-order chi connectivity index (χ0) is 19.3. The van der Waals surface area contributed by atoms with E-state index in [-0.39, 0.29) is 11.8 Å². The second-order valence-electron chi connectivity index (χ2n) is 6.38. The van der Waals surface area contributed by atoms with Crippen molar-refractivity contribution >= 4 is 17.5 Å². The van der Waals surface area contributed by atoms with Gasteiger partial charge < -0.3 is 10.2 Å².